The molecular weight excluding hydrogens is 230 g/mol. The Morgan fingerprint density at radius 3 is 2.39 bits per heavy atom. The summed E-state index contributed by atoms with van der Waals surface area (Å²) in [6.45, 7) is 9.19. The smallest absolute Gasteiger partial charge is 0.144 e. The Bertz CT molecular complexity index is 253. The van der Waals surface area contributed by atoms with Gasteiger partial charge in [0.05, 0.1) is 6.61 Å². The van der Waals surface area contributed by atoms with Gasteiger partial charge in [0.2, 0.25) is 0 Å². The van der Waals surface area contributed by atoms with Gasteiger partial charge in [-0.05, 0) is 25.3 Å². The second-order valence-corrected chi connectivity index (χ2v) is 5.81. The molecule has 0 amide bonds. The number of rotatable bonds is 9. The van der Waals surface area contributed by atoms with Crippen molar-refractivity contribution >= 4 is 5.84 Å². The van der Waals surface area contributed by atoms with E-state index in [0.29, 0.717) is 5.92 Å². The number of unbranched alkanes of at least 4 members (excludes halogenated alkanes) is 1. The van der Waals surface area contributed by atoms with E-state index in [1.54, 1.807) is 0 Å². The Kier molecular flexibility index (Phi) is 7.95. The molecule has 0 aromatic carbocycles. The minimum Gasteiger partial charge on any atom is -0.409 e. The van der Waals surface area contributed by atoms with Crippen LogP contribution < -0.4 is 11.1 Å². The molecule has 0 aliphatic carbocycles. The number of oxime groups is 1. The Morgan fingerprint density at radius 1 is 1.33 bits per heavy atom. The summed E-state index contributed by atoms with van der Waals surface area (Å²) in [5.74, 6) is 0.717. The molecule has 0 rings (SSSR count). The molecule has 0 saturated carbocycles. The Morgan fingerprint density at radius 2 is 1.94 bits per heavy atom. The molecule has 0 aliphatic rings. The molecule has 18 heavy (non-hydrogen) atoms. The average Bonchev–Trinajstić information content (AvgIpc) is 2.31. The zero-order chi connectivity index (χ0) is 14.2. The highest BCUT2D eigenvalue weighted by atomic mass is 16.4. The van der Waals surface area contributed by atoms with Crippen LogP contribution in [0.5, 0.6) is 0 Å². The number of aliphatic hydroxyl groups is 1. The summed E-state index contributed by atoms with van der Waals surface area (Å²) in [4.78, 5) is 0. The lowest BCUT2D eigenvalue weighted by atomic mass is 9.86. The van der Waals surface area contributed by atoms with Crippen LogP contribution in [0.1, 0.15) is 47.0 Å². The van der Waals surface area contributed by atoms with E-state index < -0.39 is 0 Å². The molecule has 0 heterocycles. The van der Waals surface area contributed by atoms with Crippen LogP contribution in [0.25, 0.3) is 0 Å². The van der Waals surface area contributed by atoms with Crippen LogP contribution in [-0.2, 0) is 0 Å². The number of hydrogen-bond donors (Lipinski definition) is 4. The van der Waals surface area contributed by atoms with Gasteiger partial charge in [0.1, 0.15) is 5.84 Å². The van der Waals surface area contributed by atoms with E-state index in [9.17, 15) is 0 Å². The number of nitrogens with one attached hydrogen (secondary N) is 1. The van der Waals surface area contributed by atoms with E-state index in [1.165, 1.54) is 0 Å². The molecule has 1 unspecified atom stereocenters. The summed E-state index contributed by atoms with van der Waals surface area (Å²) in [7, 11) is 0. The van der Waals surface area contributed by atoms with Crippen molar-refractivity contribution in [2.24, 2.45) is 22.2 Å². The van der Waals surface area contributed by atoms with Crippen molar-refractivity contribution < 1.29 is 10.3 Å². The van der Waals surface area contributed by atoms with Crippen molar-refractivity contribution in [2.75, 3.05) is 13.2 Å². The van der Waals surface area contributed by atoms with E-state index in [-0.39, 0.29) is 23.9 Å². The number of nitrogens with zero attached hydrogens (tertiary/aromatic N) is 1. The van der Waals surface area contributed by atoms with Crippen molar-refractivity contribution in [3.63, 3.8) is 0 Å². The highest BCUT2D eigenvalue weighted by molar-refractivity contribution is 5.85. The molecule has 0 aromatic rings. The molecule has 0 radical (unpaired) electrons. The first kappa shape index (κ1) is 17.2. The lowest BCUT2D eigenvalue weighted by Crippen LogP contribution is -2.37. The van der Waals surface area contributed by atoms with Gasteiger partial charge in [-0.2, -0.15) is 0 Å². The number of aliphatic hydroxyl groups excluding tert-OH is 1. The van der Waals surface area contributed by atoms with Gasteiger partial charge in [-0.3, -0.25) is 0 Å². The molecule has 0 fully saturated rings. The topological polar surface area (TPSA) is 90.9 Å². The molecule has 0 aliphatic heterocycles. The average molecular weight is 259 g/mol. The SMILES string of the molecule is CC(C)C(CO)NCCCCC(C)(C)C(N)=NO. The van der Waals surface area contributed by atoms with Crippen LogP contribution in [0.3, 0.4) is 0 Å². The molecule has 5 N–H and O–H groups in total. The molecule has 0 saturated heterocycles. The summed E-state index contributed by atoms with van der Waals surface area (Å²) in [5.41, 5.74) is 5.37. The van der Waals surface area contributed by atoms with Crippen molar-refractivity contribution in [1.29, 1.82) is 0 Å². The maximum absolute atomic E-state index is 9.16. The first-order valence-corrected chi connectivity index (χ1v) is 6.67. The Hall–Kier alpha value is -0.810. The Labute approximate surface area is 110 Å². The zero-order valence-electron chi connectivity index (χ0n) is 12.1. The molecule has 0 spiro atoms. The maximum atomic E-state index is 9.16. The summed E-state index contributed by atoms with van der Waals surface area (Å²) in [6, 6.07) is 0.169. The predicted molar refractivity (Wildman–Crippen MR) is 74.8 cm³/mol. The van der Waals surface area contributed by atoms with Crippen LogP contribution >= 0.6 is 0 Å². The van der Waals surface area contributed by atoms with E-state index >= 15 is 0 Å². The highest BCUT2D eigenvalue weighted by Gasteiger charge is 2.22. The molecule has 0 aromatic heterocycles. The number of nitrogens with two attached hydrogens (primary N) is 1. The quantitative estimate of drug-likeness (QED) is 0.166. The lowest BCUT2D eigenvalue weighted by Gasteiger charge is -2.23. The largest absolute Gasteiger partial charge is 0.409 e. The molecule has 5 heteroatoms. The van der Waals surface area contributed by atoms with E-state index in [2.05, 4.69) is 24.3 Å². The fourth-order valence-electron chi connectivity index (χ4n) is 1.75. The van der Waals surface area contributed by atoms with E-state index in [4.69, 9.17) is 16.0 Å². The van der Waals surface area contributed by atoms with Crippen molar-refractivity contribution in [2.45, 2.75) is 53.0 Å². The molecule has 1 atom stereocenters. The van der Waals surface area contributed by atoms with Crippen molar-refractivity contribution in [3.8, 4) is 0 Å². The van der Waals surface area contributed by atoms with Gasteiger partial charge in [-0.1, -0.05) is 39.3 Å². The van der Waals surface area contributed by atoms with Crippen LogP contribution in [-0.4, -0.2) is 35.3 Å². The fraction of sp³-hybridized carbons (Fsp3) is 0.923. The third kappa shape index (κ3) is 6.21. The Balaban J connectivity index is 3.81. The third-order valence-electron chi connectivity index (χ3n) is 3.44. The molecule has 5 nitrogen and oxygen atoms in total. The summed E-state index contributed by atoms with van der Waals surface area (Å²) < 4.78 is 0. The van der Waals surface area contributed by atoms with Gasteiger partial charge in [0.25, 0.3) is 0 Å². The predicted octanol–water partition coefficient (Wildman–Crippen LogP) is 1.54. The van der Waals surface area contributed by atoms with Crippen molar-refractivity contribution in [3.05, 3.63) is 0 Å². The minimum absolute atomic E-state index is 0.169. The second-order valence-electron chi connectivity index (χ2n) is 5.81. The highest BCUT2D eigenvalue weighted by Crippen LogP contribution is 2.23. The normalized spacial score (nSPS) is 15.1. The van der Waals surface area contributed by atoms with Gasteiger partial charge >= 0.3 is 0 Å². The van der Waals surface area contributed by atoms with Gasteiger partial charge < -0.3 is 21.4 Å². The minimum atomic E-state index is -0.261. The third-order valence-corrected chi connectivity index (χ3v) is 3.44. The summed E-state index contributed by atoms with van der Waals surface area (Å²) in [6.07, 6.45) is 2.91. The van der Waals surface area contributed by atoms with Crippen LogP contribution in [0, 0.1) is 11.3 Å². The molecular formula is C13H29N3O2. The van der Waals surface area contributed by atoms with Crippen molar-refractivity contribution in [1.82, 2.24) is 5.32 Å². The van der Waals surface area contributed by atoms with Crippen LogP contribution in [0.2, 0.25) is 0 Å². The molecule has 0 bridgehead atoms. The van der Waals surface area contributed by atoms with Gasteiger partial charge in [-0.25, -0.2) is 0 Å². The number of hydrogen-bond acceptors (Lipinski definition) is 4. The fourth-order valence-corrected chi connectivity index (χ4v) is 1.75. The van der Waals surface area contributed by atoms with Gasteiger partial charge in [0, 0.05) is 11.5 Å². The first-order valence-electron chi connectivity index (χ1n) is 6.67. The number of amidine groups is 1. The van der Waals surface area contributed by atoms with Gasteiger partial charge in [0.15, 0.2) is 0 Å². The van der Waals surface area contributed by atoms with Gasteiger partial charge in [-0.15, -0.1) is 0 Å². The monoisotopic (exact) mass is 259 g/mol. The summed E-state index contributed by atoms with van der Waals surface area (Å²) >= 11 is 0. The lowest BCUT2D eigenvalue weighted by molar-refractivity contribution is 0.210. The second kappa shape index (κ2) is 8.32. The molecule has 108 valence electrons. The maximum Gasteiger partial charge on any atom is 0.144 e. The zero-order valence-corrected chi connectivity index (χ0v) is 12.1. The summed E-state index contributed by atoms with van der Waals surface area (Å²) in [5, 5.41) is 24.2. The first-order chi connectivity index (χ1) is 8.35. The standard InChI is InChI=1S/C13H29N3O2/c1-10(2)11(9-17)15-8-6-5-7-13(3,4)12(14)16-18/h10-11,15,17-18H,5-9H2,1-4H3,(H2,14,16). The van der Waals surface area contributed by atoms with Crippen LogP contribution in [0.4, 0.5) is 0 Å². The van der Waals surface area contributed by atoms with E-state index in [0.717, 1.165) is 25.8 Å². The van der Waals surface area contributed by atoms with Crippen LogP contribution in [0.15, 0.2) is 5.16 Å². The van der Waals surface area contributed by atoms with E-state index in [1.807, 2.05) is 13.8 Å².